The van der Waals surface area contributed by atoms with Crippen LogP contribution < -0.4 is 5.32 Å². The Morgan fingerprint density at radius 3 is 2.34 bits per heavy atom. The first-order chi connectivity index (χ1) is 17.0. The van der Waals surface area contributed by atoms with Crippen LogP contribution in [0.15, 0.2) is 89.1 Å². The maximum absolute atomic E-state index is 13.4. The lowest BCUT2D eigenvalue weighted by atomic mass is 9.94. The van der Waals surface area contributed by atoms with E-state index in [2.05, 4.69) is 17.4 Å². The molecular formula is C28H25FN4O2. The molecule has 0 aliphatic carbocycles. The second-order valence-corrected chi connectivity index (χ2v) is 8.48. The highest BCUT2D eigenvalue weighted by atomic mass is 19.1. The number of hydrogen-bond acceptors (Lipinski definition) is 4. The van der Waals surface area contributed by atoms with Crippen molar-refractivity contribution in [1.29, 1.82) is 0 Å². The average molecular weight is 469 g/mol. The first-order valence-electron chi connectivity index (χ1n) is 11.5. The fraction of sp³-hybridized carbons (Fsp3) is 0.179. The standard InChI is InChI=1S/C28H25FN4O2/c1-3-19-9-13-22(14-10-19)26-31-27(35-32-26)24-18(2)33(17-20-11-15-23(29)16-12-20)28(34)30-25(24)21-7-5-4-6-8-21/h4-16,25H,3,17H2,1-2H3,(H,30,34). The van der Waals surface area contributed by atoms with Crippen molar-refractivity contribution in [3.8, 4) is 11.4 Å². The van der Waals surface area contributed by atoms with Gasteiger partial charge in [-0.3, -0.25) is 4.90 Å². The monoisotopic (exact) mass is 468 g/mol. The Kier molecular flexibility index (Phi) is 6.14. The third kappa shape index (κ3) is 4.57. The Hall–Kier alpha value is -4.26. The number of benzene rings is 3. The highest BCUT2D eigenvalue weighted by molar-refractivity contribution is 5.86. The molecule has 0 spiro atoms. The number of allylic oxidation sites excluding steroid dienone is 1. The molecule has 1 aliphatic heterocycles. The van der Waals surface area contributed by atoms with Crippen molar-refractivity contribution in [3.05, 3.63) is 113 Å². The van der Waals surface area contributed by atoms with E-state index in [0.29, 0.717) is 17.4 Å². The maximum atomic E-state index is 13.4. The van der Waals surface area contributed by atoms with Gasteiger partial charge in [0.05, 0.1) is 18.2 Å². The van der Waals surface area contributed by atoms with Gasteiger partial charge in [-0.2, -0.15) is 4.98 Å². The Morgan fingerprint density at radius 1 is 0.971 bits per heavy atom. The third-order valence-electron chi connectivity index (χ3n) is 6.26. The molecule has 0 fully saturated rings. The number of aryl methyl sites for hydroxylation is 1. The van der Waals surface area contributed by atoms with Gasteiger partial charge in [0, 0.05) is 11.3 Å². The summed E-state index contributed by atoms with van der Waals surface area (Å²) in [6, 6.07) is 23.1. The van der Waals surface area contributed by atoms with Crippen LogP contribution in [0.3, 0.4) is 0 Å². The fourth-order valence-electron chi connectivity index (χ4n) is 4.26. The topological polar surface area (TPSA) is 71.3 Å². The molecule has 1 unspecified atom stereocenters. The molecule has 5 rings (SSSR count). The van der Waals surface area contributed by atoms with Crippen molar-refractivity contribution in [2.24, 2.45) is 0 Å². The number of carbonyl (C=O) groups excluding carboxylic acids is 1. The molecule has 0 saturated carbocycles. The molecule has 1 aliphatic rings. The highest BCUT2D eigenvalue weighted by Gasteiger charge is 2.35. The van der Waals surface area contributed by atoms with Gasteiger partial charge < -0.3 is 9.84 Å². The van der Waals surface area contributed by atoms with Gasteiger partial charge in [0.15, 0.2) is 0 Å². The average Bonchev–Trinajstić information content (AvgIpc) is 3.37. The van der Waals surface area contributed by atoms with Gasteiger partial charge in [-0.1, -0.05) is 78.8 Å². The van der Waals surface area contributed by atoms with E-state index in [9.17, 15) is 9.18 Å². The van der Waals surface area contributed by atoms with Gasteiger partial charge in [0.25, 0.3) is 5.89 Å². The molecule has 2 heterocycles. The van der Waals surface area contributed by atoms with E-state index >= 15 is 0 Å². The van der Waals surface area contributed by atoms with Gasteiger partial charge in [0.1, 0.15) is 5.82 Å². The van der Waals surface area contributed by atoms with Crippen LogP contribution in [0.1, 0.15) is 42.5 Å². The molecule has 0 bridgehead atoms. The zero-order valence-corrected chi connectivity index (χ0v) is 19.5. The Bertz CT molecular complexity index is 1360. The lowest BCUT2D eigenvalue weighted by molar-refractivity contribution is 0.203. The molecule has 3 aromatic carbocycles. The van der Waals surface area contributed by atoms with Crippen LogP contribution in [0.5, 0.6) is 0 Å². The molecule has 1 aromatic heterocycles. The number of aromatic nitrogens is 2. The van der Waals surface area contributed by atoms with Gasteiger partial charge >= 0.3 is 6.03 Å². The molecule has 35 heavy (non-hydrogen) atoms. The van der Waals surface area contributed by atoms with Crippen LogP contribution in [0.25, 0.3) is 17.0 Å². The smallest absolute Gasteiger partial charge is 0.322 e. The molecule has 7 heteroatoms. The van der Waals surface area contributed by atoms with Crippen LogP contribution in [0.4, 0.5) is 9.18 Å². The molecule has 0 saturated heterocycles. The lowest BCUT2D eigenvalue weighted by Crippen LogP contribution is -2.45. The van der Waals surface area contributed by atoms with Gasteiger partial charge in [0.2, 0.25) is 5.82 Å². The van der Waals surface area contributed by atoms with E-state index in [0.717, 1.165) is 28.7 Å². The van der Waals surface area contributed by atoms with E-state index in [1.165, 1.54) is 17.7 Å². The van der Waals surface area contributed by atoms with Crippen LogP contribution in [-0.4, -0.2) is 21.1 Å². The SMILES string of the molecule is CCc1ccc(-c2noc(C3=C(C)N(Cc4ccc(F)cc4)C(=O)NC3c3ccccc3)n2)cc1. The van der Waals surface area contributed by atoms with Crippen molar-refractivity contribution in [2.75, 3.05) is 0 Å². The number of nitrogens with zero attached hydrogens (tertiary/aromatic N) is 3. The minimum absolute atomic E-state index is 0.251. The summed E-state index contributed by atoms with van der Waals surface area (Å²) in [6.45, 7) is 4.26. The summed E-state index contributed by atoms with van der Waals surface area (Å²) in [4.78, 5) is 19.5. The quantitative estimate of drug-likeness (QED) is 0.369. The summed E-state index contributed by atoms with van der Waals surface area (Å²) in [5.41, 5.74) is 5.22. The van der Waals surface area contributed by atoms with Crippen LogP contribution in [0.2, 0.25) is 0 Å². The molecule has 0 radical (unpaired) electrons. The predicted molar refractivity (Wildman–Crippen MR) is 131 cm³/mol. The summed E-state index contributed by atoms with van der Waals surface area (Å²) >= 11 is 0. The summed E-state index contributed by atoms with van der Waals surface area (Å²) in [7, 11) is 0. The van der Waals surface area contributed by atoms with Crippen LogP contribution >= 0.6 is 0 Å². The minimum Gasteiger partial charge on any atom is -0.334 e. The second kappa shape index (κ2) is 9.54. The molecular weight excluding hydrogens is 443 g/mol. The zero-order valence-electron chi connectivity index (χ0n) is 19.5. The summed E-state index contributed by atoms with van der Waals surface area (Å²) in [5.74, 6) is 0.506. The second-order valence-electron chi connectivity index (χ2n) is 8.48. The predicted octanol–water partition coefficient (Wildman–Crippen LogP) is 6.14. The molecule has 1 atom stereocenters. The number of urea groups is 1. The van der Waals surface area contributed by atoms with Crippen molar-refractivity contribution < 1.29 is 13.7 Å². The Morgan fingerprint density at radius 2 is 1.66 bits per heavy atom. The summed E-state index contributed by atoms with van der Waals surface area (Å²) < 4.78 is 19.1. The minimum atomic E-state index is -0.455. The number of hydrogen-bond donors (Lipinski definition) is 1. The molecule has 1 N–H and O–H groups in total. The van der Waals surface area contributed by atoms with Gasteiger partial charge in [-0.05, 0) is 42.2 Å². The van der Waals surface area contributed by atoms with E-state index in [1.54, 1.807) is 17.0 Å². The molecule has 4 aromatic rings. The van der Waals surface area contributed by atoms with Crippen LogP contribution in [0, 0.1) is 5.82 Å². The van der Waals surface area contributed by atoms with Crippen molar-refractivity contribution >= 4 is 11.6 Å². The normalized spacial score (nSPS) is 15.9. The summed E-state index contributed by atoms with van der Waals surface area (Å²) in [6.07, 6.45) is 0.951. The maximum Gasteiger partial charge on any atom is 0.322 e. The number of nitrogens with one attached hydrogen (secondary N) is 1. The molecule has 176 valence electrons. The van der Waals surface area contributed by atoms with Crippen molar-refractivity contribution in [2.45, 2.75) is 32.9 Å². The third-order valence-corrected chi connectivity index (χ3v) is 6.26. The first kappa shape index (κ1) is 22.5. The van der Waals surface area contributed by atoms with E-state index in [4.69, 9.17) is 9.51 Å². The number of rotatable bonds is 6. The fourth-order valence-corrected chi connectivity index (χ4v) is 4.26. The first-order valence-corrected chi connectivity index (χ1v) is 11.5. The van der Waals surface area contributed by atoms with E-state index in [-0.39, 0.29) is 18.4 Å². The summed E-state index contributed by atoms with van der Waals surface area (Å²) in [5, 5.41) is 7.31. The number of amides is 2. The Labute approximate surface area is 203 Å². The Balaban J connectivity index is 1.56. The zero-order chi connectivity index (χ0) is 24.4. The van der Waals surface area contributed by atoms with Gasteiger partial charge in [-0.25, -0.2) is 9.18 Å². The number of carbonyl (C=O) groups is 1. The van der Waals surface area contributed by atoms with E-state index < -0.39 is 6.04 Å². The molecule has 6 nitrogen and oxygen atoms in total. The van der Waals surface area contributed by atoms with Crippen molar-refractivity contribution in [1.82, 2.24) is 20.4 Å². The highest BCUT2D eigenvalue weighted by Crippen LogP contribution is 2.37. The van der Waals surface area contributed by atoms with Gasteiger partial charge in [-0.15, -0.1) is 0 Å². The van der Waals surface area contributed by atoms with Crippen molar-refractivity contribution in [3.63, 3.8) is 0 Å². The van der Waals surface area contributed by atoms with E-state index in [1.807, 2.05) is 61.5 Å². The lowest BCUT2D eigenvalue weighted by Gasteiger charge is -2.35. The largest absolute Gasteiger partial charge is 0.334 e. The molecule has 2 amide bonds. The number of halogens is 1. The van der Waals surface area contributed by atoms with Crippen LogP contribution in [-0.2, 0) is 13.0 Å².